The highest BCUT2D eigenvalue weighted by Crippen LogP contribution is 2.25. The lowest BCUT2D eigenvalue weighted by molar-refractivity contribution is -0.140. The zero-order chi connectivity index (χ0) is 11.3. The maximum Gasteiger partial charge on any atom is 0.184 e. The highest BCUT2D eigenvalue weighted by atomic mass is 79.9. The van der Waals surface area contributed by atoms with Crippen molar-refractivity contribution in [3.63, 3.8) is 0 Å². The van der Waals surface area contributed by atoms with Gasteiger partial charge in [-0.2, -0.15) is 0 Å². The maximum absolute atomic E-state index is 5.56. The van der Waals surface area contributed by atoms with Gasteiger partial charge in [0, 0.05) is 23.2 Å². The summed E-state index contributed by atoms with van der Waals surface area (Å²) in [6.45, 7) is 7.30. The summed E-state index contributed by atoms with van der Waals surface area (Å²) in [4.78, 5) is 0. The molecule has 0 fully saturated rings. The Morgan fingerprint density at radius 3 is 2.33 bits per heavy atom. The lowest BCUT2D eigenvalue weighted by Crippen LogP contribution is -2.10. The summed E-state index contributed by atoms with van der Waals surface area (Å²) in [6.07, 6.45) is -0.252. The van der Waals surface area contributed by atoms with E-state index in [1.807, 2.05) is 26.0 Å². The predicted molar refractivity (Wildman–Crippen MR) is 64.9 cm³/mol. The maximum atomic E-state index is 5.56. The Bertz CT molecular complexity index is 306. The van der Waals surface area contributed by atoms with Crippen LogP contribution < -0.4 is 0 Å². The highest BCUT2D eigenvalue weighted by molar-refractivity contribution is 9.10. The van der Waals surface area contributed by atoms with Crippen molar-refractivity contribution in [1.82, 2.24) is 0 Å². The first kappa shape index (κ1) is 12.7. The molecule has 0 aromatic heterocycles. The molecule has 0 radical (unpaired) electrons. The molecule has 15 heavy (non-hydrogen) atoms. The van der Waals surface area contributed by atoms with E-state index in [0.717, 1.165) is 10.0 Å². The third-order valence-electron chi connectivity index (χ3n) is 2.13. The van der Waals surface area contributed by atoms with Crippen molar-refractivity contribution in [1.29, 1.82) is 0 Å². The van der Waals surface area contributed by atoms with Crippen molar-refractivity contribution in [2.75, 3.05) is 13.2 Å². The van der Waals surface area contributed by atoms with Gasteiger partial charge in [-0.15, -0.1) is 0 Å². The average Bonchev–Trinajstić information content (AvgIpc) is 2.21. The van der Waals surface area contributed by atoms with Gasteiger partial charge < -0.3 is 9.47 Å². The number of ether oxygens (including phenoxy) is 2. The van der Waals surface area contributed by atoms with Crippen LogP contribution in [0.1, 0.15) is 31.3 Å². The molecule has 0 N–H and O–H groups in total. The van der Waals surface area contributed by atoms with Crippen LogP contribution in [0.3, 0.4) is 0 Å². The minimum absolute atomic E-state index is 0.252. The SMILES string of the molecule is CCOC(OCC)c1cc(Br)ccc1C. The summed E-state index contributed by atoms with van der Waals surface area (Å²) in [6, 6.07) is 6.13. The van der Waals surface area contributed by atoms with E-state index >= 15 is 0 Å². The van der Waals surface area contributed by atoms with Gasteiger partial charge in [0.25, 0.3) is 0 Å². The van der Waals surface area contributed by atoms with Crippen molar-refractivity contribution in [2.24, 2.45) is 0 Å². The second kappa shape index (κ2) is 6.26. The van der Waals surface area contributed by atoms with Gasteiger partial charge in [0.05, 0.1) is 0 Å². The van der Waals surface area contributed by atoms with E-state index in [9.17, 15) is 0 Å². The fraction of sp³-hybridized carbons (Fsp3) is 0.500. The lowest BCUT2D eigenvalue weighted by Gasteiger charge is -2.19. The normalized spacial score (nSPS) is 11.0. The Balaban J connectivity index is 2.93. The largest absolute Gasteiger partial charge is 0.349 e. The van der Waals surface area contributed by atoms with Crippen LogP contribution in [0.25, 0.3) is 0 Å². The van der Waals surface area contributed by atoms with Crippen LogP contribution in [-0.4, -0.2) is 13.2 Å². The van der Waals surface area contributed by atoms with E-state index in [1.165, 1.54) is 5.56 Å². The summed E-state index contributed by atoms with van der Waals surface area (Å²) >= 11 is 3.46. The third kappa shape index (κ3) is 3.59. The molecule has 0 aliphatic carbocycles. The van der Waals surface area contributed by atoms with Crippen LogP contribution in [0, 0.1) is 6.92 Å². The van der Waals surface area contributed by atoms with Gasteiger partial charge in [-0.05, 0) is 38.5 Å². The van der Waals surface area contributed by atoms with Crippen molar-refractivity contribution in [3.05, 3.63) is 33.8 Å². The third-order valence-corrected chi connectivity index (χ3v) is 2.62. The standard InChI is InChI=1S/C12H17BrO2/c1-4-14-12(15-5-2)11-8-10(13)7-6-9(11)3/h6-8,12H,4-5H2,1-3H3. The molecule has 0 atom stereocenters. The fourth-order valence-corrected chi connectivity index (χ4v) is 1.77. The summed E-state index contributed by atoms with van der Waals surface area (Å²) in [5, 5.41) is 0. The molecular weight excluding hydrogens is 256 g/mol. The van der Waals surface area contributed by atoms with Crippen LogP contribution in [0.4, 0.5) is 0 Å². The van der Waals surface area contributed by atoms with E-state index < -0.39 is 0 Å². The van der Waals surface area contributed by atoms with Crippen LogP contribution in [0.15, 0.2) is 22.7 Å². The number of hydrogen-bond donors (Lipinski definition) is 0. The van der Waals surface area contributed by atoms with Crippen LogP contribution in [0.5, 0.6) is 0 Å². The fourth-order valence-electron chi connectivity index (χ4n) is 1.40. The molecule has 3 heteroatoms. The zero-order valence-electron chi connectivity index (χ0n) is 9.42. The molecule has 0 aliphatic rings. The molecule has 1 rings (SSSR count). The zero-order valence-corrected chi connectivity index (χ0v) is 11.0. The van der Waals surface area contributed by atoms with Crippen molar-refractivity contribution in [3.8, 4) is 0 Å². The van der Waals surface area contributed by atoms with Crippen molar-refractivity contribution in [2.45, 2.75) is 27.1 Å². The van der Waals surface area contributed by atoms with Crippen LogP contribution >= 0.6 is 15.9 Å². The topological polar surface area (TPSA) is 18.5 Å². The van der Waals surface area contributed by atoms with Crippen LogP contribution in [-0.2, 0) is 9.47 Å². The van der Waals surface area contributed by atoms with Gasteiger partial charge in [0.1, 0.15) is 0 Å². The number of hydrogen-bond acceptors (Lipinski definition) is 2. The van der Waals surface area contributed by atoms with Crippen molar-refractivity contribution < 1.29 is 9.47 Å². The highest BCUT2D eigenvalue weighted by Gasteiger charge is 2.13. The Morgan fingerprint density at radius 1 is 1.20 bits per heavy atom. The molecule has 0 saturated heterocycles. The van der Waals surface area contributed by atoms with Gasteiger partial charge in [-0.25, -0.2) is 0 Å². The second-order valence-corrected chi connectivity index (χ2v) is 4.16. The summed E-state index contributed by atoms with van der Waals surface area (Å²) in [5.74, 6) is 0. The van der Waals surface area contributed by atoms with E-state index in [4.69, 9.17) is 9.47 Å². The summed E-state index contributed by atoms with van der Waals surface area (Å²) < 4.78 is 12.2. The minimum atomic E-state index is -0.252. The first-order valence-electron chi connectivity index (χ1n) is 5.18. The predicted octanol–water partition coefficient (Wildman–Crippen LogP) is 3.83. The van der Waals surface area contributed by atoms with E-state index in [0.29, 0.717) is 13.2 Å². The van der Waals surface area contributed by atoms with Gasteiger partial charge in [0.15, 0.2) is 6.29 Å². The van der Waals surface area contributed by atoms with Gasteiger partial charge in [-0.1, -0.05) is 22.0 Å². The smallest absolute Gasteiger partial charge is 0.184 e. The molecule has 0 bridgehead atoms. The van der Waals surface area contributed by atoms with Gasteiger partial charge in [-0.3, -0.25) is 0 Å². The Kier molecular flexibility index (Phi) is 5.29. The second-order valence-electron chi connectivity index (χ2n) is 3.24. The molecule has 1 aromatic rings. The summed E-state index contributed by atoms with van der Waals surface area (Å²) in [7, 11) is 0. The quantitative estimate of drug-likeness (QED) is 0.759. The number of benzene rings is 1. The Hall–Kier alpha value is -0.380. The molecule has 1 aromatic carbocycles. The molecule has 0 heterocycles. The Labute approximate surface area is 99.7 Å². The number of aryl methyl sites for hydroxylation is 1. The summed E-state index contributed by atoms with van der Waals surface area (Å²) in [5.41, 5.74) is 2.28. The van der Waals surface area contributed by atoms with Crippen molar-refractivity contribution >= 4 is 15.9 Å². The molecule has 84 valence electrons. The molecule has 0 unspecified atom stereocenters. The molecule has 0 amide bonds. The molecule has 2 nitrogen and oxygen atoms in total. The molecule has 0 aliphatic heterocycles. The van der Waals surface area contributed by atoms with E-state index in [1.54, 1.807) is 0 Å². The first-order valence-corrected chi connectivity index (χ1v) is 5.97. The average molecular weight is 273 g/mol. The van der Waals surface area contributed by atoms with E-state index in [-0.39, 0.29) is 6.29 Å². The minimum Gasteiger partial charge on any atom is -0.349 e. The van der Waals surface area contributed by atoms with Gasteiger partial charge >= 0.3 is 0 Å². The number of rotatable bonds is 5. The lowest BCUT2D eigenvalue weighted by atomic mass is 10.1. The molecular formula is C12H17BrO2. The monoisotopic (exact) mass is 272 g/mol. The van der Waals surface area contributed by atoms with Crippen LogP contribution in [0.2, 0.25) is 0 Å². The van der Waals surface area contributed by atoms with E-state index in [2.05, 4.69) is 28.9 Å². The molecule has 0 spiro atoms. The van der Waals surface area contributed by atoms with Gasteiger partial charge in [0.2, 0.25) is 0 Å². The molecule has 0 saturated carbocycles. The Morgan fingerprint density at radius 2 is 1.80 bits per heavy atom. The first-order chi connectivity index (χ1) is 7.19. The number of halogens is 1.